The third-order valence-electron chi connectivity index (χ3n) is 7.33. The molecule has 0 bridgehead atoms. The highest BCUT2D eigenvalue weighted by atomic mass is 16.6. The Morgan fingerprint density at radius 3 is 2.30 bits per heavy atom. The van der Waals surface area contributed by atoms with Crippen LogP contribution in [0.25, 0.3) is 0 Å². The fourth-order valence-corrected chi connectivity index (χ4v) is 5.03. The second kappa shape index (κ2) is 8.04. The number of rotatable bonds is 5. The van der Waals surface area contributed by atoms with Crippen molar-refractivity contribution in [3.05, 3.63) is 53.2 Å². The normalized spacial score (nSPS) is 23.1. The van der Waals surface area contributed by atoms with Crippen LogP contribution in [0.15, 0.2) is 36.5 Å². The summed E-state index contributed by atoms with van der Waals surface area (Å²) in [5, 5.41) is 0. The van der Waals surface area contributed by atoms with E-state index in [-0.39, 0.29) is 18.0 Å². The molecule has 7 nitrogen and oxygen atoms in total. The number of pyridine rings is 1. The molecule has 4 aliphatic rings. The molecule has 2 saturated carbocycles. The second-order valence-corrected chi connectivity index (χ2v) is 9.85. The van der Waals surface area contributed by atoms with E-state index in [2.05, 4.69) is 17.2 Å². The third-order valence-corrected chi connectivity index (χ3v) is 7.33. The molecule has 1 atom stereocenters. The van der Waals surface area contributed by atoms with Crippen LogP contribution >= 0.6 is 0 Å². The van der Waals surface area contributed by atoms with E-state index in [1.165, 1.54) is 36.8 Å². The van der Waals surface area contributed by atoms with Crippen molar-refractivity contribution >= 4 is 23.5 Å². The number of nitrogens with zero attached hydrogens (tertiary/aromatic N) is 4. The van der Waals surface area contributed by atoms with Crippen LogP contribution in [-0.2, 0) is 4.74 Å². The van der Waals surface area contributed by atoms with Gasteiger partial charge >= 0.3 is 6.09 Å². The second-order valence-electron chi connectivity index (χ2n) is 9.85. The van der Waals surface area contributed by atoms with Gasteiger partial charge < -0.3 is 14.5 Å². The van der Waals surface area contributed by atoms with Crippen LogP contribution in [0.3, 0.4) is 0 Å². The molecule has 2 saturated heterocycles. The summed E-state index contributed by atoms with van der Waals surface area (Å²) in [5.41, 5.74) is 4.25. The number of carbonyl (C=O) groups is 2. The number of hydrogen-bond acceptors (Lipinski definition) is 5. The van der Waals surface area contributed by atoms with E-state index in [4.69, 9.17) is 9.72 Å². The van der Waals surface area contributed by atoms with Gasteiger partial charge in [0.2, 0.25) is 0 Å². The SMILES string of the molecule is C[C@@H]1COC(=O)N1c1ccc(C(=O)N2CCN(c3ncc(C4CC4)cc3C3CC3)CC2)cc1. The molecule has 33 heavy (non-hydrogen) atoms. The fraction of sp³-hybridized carbons (Fsp3) is 0.500. The summed E-state index contributed by atoms with van der Waals surface area (Å²) in [4.78, 5) is 35.9. The molecule has 172 valence electrons. The van der Waals surface area contributed by atoms with Crippen LogP contribution in [0.2, 0.25) is 0 Å². The van der Waals surface area contributed by atoms with E-state index in [0.717, 1.165) is 30.5 Å². The number of aromatic nitrogens is 1. The first-order valence-corrected chi connectivity index (χ1v) is 12.2. The quantitative estimate of drug-likeness (QED) is 0.691. The molecule has 0 spiro atoms. The van der Waals surface area contributed by atoms with Crippen molar-refractivity contribution in [1.29, 1.82) is 0 Å². The number of piperazine rings is 1. The summed E-state index contributed by atoms with van der Waals surface area (Å²) >= 11 is 0. The molecule has 0 N–H and O–H groups in total. The van der Waals surface area contributed by atoms with E-state index >= 15 is 0 Å². The molecular formula is C26H30N4O3. The first-order chi connectivity index (χ1) is 16.1. The van der Waals surface area contributed by atoms with Crippen LogP contribution < -0.4 is 9.80 Å². The van der Waals surface area contributed by atoms with Crippen molar-refractivity contribution in [3.8, 4) is 0 Å². The van der Waals surface area contributed by atoms with Gasteiger partial charge in [-0.2, -0.15) is 0 Å². The Morgan fingerprint density at radius 1 is 1.00 bits per heavy atom. The van der Waals surface area contributed by atoms with Gasteiger partial charge in [0.05, 0.1) is 6.04 Å². The number of cyclic esters (lactones) is 1. The molecule has 2 aliphatic carbocycles. The molecule has 2 aliphatic heterocycles. The summed E-state index contributed by atoms with van der Waals surface area (Å²) in [5.74, 6) is 2.56. The Labute approximate surface area is 194 Å². The molecule has 2 aromatic rings. The van der Waals surface area contributed by atoms with Crippen LogP contribution in [0.1, 0.15) is 65.9 Å². The monoisotopic (exact) mass is 446 g/mol. The lowest BCUT2D eigenvalue weighted by atomic mass is 10.1. The van der Waals surface area contributed by atoms with Gasteiger partial charge in [0.15, 0.2) is 0 Å². The van der Waals surface area contributed by atoms with E-state index in [1.54, 1.807) is 4.90 Å². The van der Waals surface area contributed by atoms with Gasteiger partial charge in [-0.15, -0.1) is 0 Å². The molecule has 7 heteroatoms. The Bertz CT molecular complexity index is 1070. The fourth-order valence-electron chi connectivity index (χ4n) is 5.03. The molecule has 2 amide bonds. The Morgan fingerprint density at radius 2 is 1.70 bits per heavy atom. The number of benzene rings is 1. The summed E-state index contributed by atoms with van der Waals surface area (Å²) in [6, 6.07) is 9.70. The van der Waals surface area contributed by atoms with Gasteiger partial charge in [0.1, 0.15) is 12.4 Å². The van der Waals surface area contributed by atoms with Crippen molar-refractivity contribution in [2.45, 2.75) is 50.5 Å². The minimum Gasteiger partial charge on any atom is -0.447 e. The highest BCUT2D eigenvalue weighted by Gasteiger charge is 2.34. The predicted octanol–water partition coefficient (Wildman–Crippen LogP) is 4.14. The van der Waals surface area contributed by atoms with E-state index in [1.807, 2.05) is 36.1 Å². The minimum atomic E-state index is -0.331. The zero-order valence-electron chi connectivity index (χ0n) is 19.1. The van der Waals surface area contributed by atoms with Gasteiger partial charge in [-0.1, -0.05) is 6.07 Å². The summed E-state index contributed by atoms with van der Waals surface area (Å²) in [7, 11) is 0. The highest BCUT2D eigenvalue weighted by Crippen LogP contribution is 2.47. The zero-order valence-corrected chi connectivity index (χ0v) is 19.1. The van der Waals surface area contributed by atoms with Gasteiger partial charge in [-0.05, 0) is 79.8 Å². The molecule has 3 heterocycles. The lowest BCUT2D eigenvalue weighted by molar-refractivity contribution is 0.0746. The Kier molecular flexibility index (Phi) is 5.00. The van der Waals surface area contributed by atoms with E-state index in [9.17, 15) is 9.59 Å². The lowest BCUT2D eigenvalue weighted by Gasteiger charge is -2.36. The first kappa shape index (κ1) is 20.5. The van der Waals surface area contributed by atoms with E-state index < -0.39 is 0 Å². The topological polar surface area (TPSA) is 66.0 Å². The van der Waals surface area contributed by atoms with Gasteiger partial charge in [0, 0.05) is 43.6 Å². The molecular weight excluding hydrogens is 416 g/mol. The Hall–Kier alpha value is -3.09. The highest BCUT2D eigenvalue weighted by molar-refractivity contribution is 5.96. The smallest absolute Gasteiger partial charge is 0.414 e. The summed E-state index contributed by atoms with van der Waals surface area (Å²) in [6.45, 7) is 5.32. The van der Waals surface area contributed by atoms with Crippen LogP contribution in [0.4, 0.5) is 16.3 Å². The average Bonchev–Trinajstić information content (AvgIpc) is 3.77. The predicted molar refractivity (Wildman–Crippen MR) is 126 cm³/mol. The molecule has 0 radical (unpaired) electrons. The maximum absolute atomic E-state index is 13.1. The van der Waals surface area contributed by atoms with Gasteiger partial charge in [0.25, 0.3) is 5.91 Å². The van der Waals surface area contributed by atoms with Crippen molar-refractivity contribution in [2.75, 3.05) is 42.6 Å². The molecule has 1 aromatic carbocycles. The maximum Gasteiger partial charge on any atom is 0.414 e. The average molecular weight is 447 g/mol. The van der Waals surface area contributed by atoms with Crippen molar-refractivity contribution in [3.63, 3.8) is 0 Å². The number of anilines is 2. The Balaban J connectivity index is 1.11. The van der Waals surface area contributed by atoms with Gasteiger partial charge in [-0.3, -0.25) is 9.69 Å². The molecule has 0 unspecified atom stereocenters. The zero-order chi connectivity index (χ0) is 22.5. The molecule has 6 rings (SSSR count). The van der Waals surface area contributed by atoms with E-state index in [0.29, 0.717) is 31.2 Å². The van der Waals surface area contributed by atoms with Crippen LogP contribution in [0.5, 0.6) is 0 Å². The van der Waals surface area contributed by atoms with Crippen molar-refractivity contribution in [2.24, 2.45) is 0 Å². The van der Waals surface area contributed by atoms with Crippen molar-refractivity contribution in [1.82, 2.24) is 9.88 Å². The lowest BCUT2D eigenvalue weighted by Crippen LogP contribution is -2.49. The van der Waals surface area contributed by atoms with Crippen molar-refractivity contribution < 1.29 is 14.3 Å². The summed E-state index contributed by atoms with van der Waals surface area (Å²) < 4.78 is 5.10. The number of ether oxygens (including phenoxy) is 1. The number of carbonyl (C=O) groups excluding carboxylic acids is 2. The minimum absolute atomic E-state index is 0.000362. The third kappa shape index (κ3) is 3.94. The standard InChI is InChI=1S/C26H30N4O3/c1-17-16-33-26(32)30(17)22-8-6-20(7-9-22)25(31)29-12-10-28(11-13-29)24-23(19-4-5-19)14-21(15-27-24)18-2-3-18/h6-9,14-15,17-19H,2-5,10-13,16H2,1H3/t17-/m1/s1. The number of amides is 2. The number of hydrogen-bond donors (Lipinski definition) is 0. The summed E-state index contributed by atoms with van der Waals surface area (Å²) in [6.07, 6.45) is 6.88. The van der Waals surface area contributed by atoms with Crippen LogP contribution in [-0.4, -0.2) is 60.7 Å². The first-order valence-electron chi connectivity index (χ1n) is 12.2. The molecule has 1 aromatic heterocycles. The largest absolute Gasteiger partial charge is 0.447 e. The van der Waals surface area contributed by atoms with Crippen LogP contribution in [0, 0.1) is 0 Å². The molecule has 4 fully saturated rings. The van der Waals surface area contributed by atoms with Gasteiger partial charge in [-0.25, -0.2) is 9.78 Å². The maximum atomic E-state index is 13.1.